The van der Waals surface area contributed by atoms with Gasteiger partial charge in [-0.15, -0.1) is 11.6 Å². The van der Waals surface area contributed by atoms with E-state index in [9.17, 15) is 0 Å². The molecule has 0 aromatic carbocycles. The molecule has 0 aliphatic rings. The lowest BCUT2D eigenvalue weighted by molar-refractivity contribution is 0.0609. The van der Waals surface area contributed by atoms with Gasteiger partial charge in [0.2, 0.25) is 0 Å². The first-order valence-electron chi connectivity index (χ1n) is 4.34. The molecule has 0 N–H and O–H groups in total. The number of hydrogen-bond donors (Lipinski definition) is 0. The molecular weight excluding hydrogens is 176 g/mol. The highest BCUT2D eigenvalue weighted by molar-refractivity contribution is 6.17. The van der Waals surface area contributed by atoms with Crippen molar-refractivity contribution in [3.05, 3.63) is 0 Å². The second-order valence-corrected chi connectivity index (χ2v) is 5.72. The number of alkyl halides is 1. The summed E-state index contributed by atoms with van der Waals surface area (Å²) in [4.78, 5) is 0. The van der Waals surface area contributed by atoms with E-state index in [4.69, 9.17) is 16.3 Å². The molecule has 3 heteroatoms. The smallest absolute Gasteiger partial charge is 0.0547 e. The topological polar surface area (TPSA) is 9.23 Å². The summed E-state index contributed by atoms with van der Waals surface area (Å²) in [5.41, 5.74) is 0.772. The van der Waals surface area contributed by atoms with Crippen LogP contribution in [0, 0.1) is 0 Å². The zero-order valence-electron chi connectivity index (χ0n) is 7.77. The first-order chi connectivity index (χ1) is 5.16. The van der Waals surface area contributed by atoms with Gasteiger partial charge in [-0.25, -0.2) is 0 Å². The Bertz CT molecular complexity index is 88.2. The van der Waals surface area contributed by atoms with Crippen molar-refractivity contribution in [1.82, 2.24) is 0 Å². The summed E-state index contributed by atoms with van der Waals surface area (Å²) in [7, 11) is 1.23. The summed E-state index contributed by atoms with van der Waals surface area (Å²) in [5, 5.41) is 0. The number of rotatable bonds is 6. The molecule has 0 aliphatic heterocycles. The Kier molecular flexibility index (Phi) is 7.44. The van der Waals surface area contributed by atoms with Gasteiger partial charge in [-0.05, 0) is 25.3 Å². The van der Waals surface area contributed by atoms with Crippen molar-refractivity contribution < 1.29 is 4.74 Å². The Hall–Kier alpha value is 0.467. The molecule has 2 atom stereocenters. The fourth-order valence-corrected chi connectivity index (χ4v) is 1.15. The van der Waals surface area contributed by atoms with Crippen molar-refractivity contribution >= 4 is 21.8 Å². The molecule has 0 spiro atoms. The van der Waals surface area contributed by atoms with Crippen LogP contribution in [0.25, 0.3) is 0 Å². The van der Waals surface area contributed by atoms with E-state index in [1.54, 1.807) is 0 Å². The molecule has 0 aromatic heterocycles. The van der Waals surface area contributed by atoms with Crippen molar-refractivity contribution in [3.63, 3.8) is 0 Å². The number of halogens is 1. The van der Waals surface area contributed by atoms with Gasteiger partial charge in [0.25, 0.3) is 0 Å². The lowest BCUT2D eigenvalue weighted by atomic mass is 10.2. The highest BCUT2D eigenvalue weighted by atomic mass is 35.5. The number of ether oxygens (including phenoxy) is 1. The lowest BCUT2D eigenvalue weighted by Crippen LogP contribution is -2.11. The van der Waals surface area contributed by atoms with Crippen molar-refractivity contribution in [3.8, 4) is 0 Å². The molecule has 2 unspecified atom stereocenters. The van der Waals surface area contributed by atoms with Gasteiger partial charge in [-0.1, -0.05) is 6.92 Å². The molecule has 0 rings (SSSR count). The third kappa shape index (κ3) is 8.37. The van der Waals surface area contributed by atoms with E-state index in [-0.39, 0.29) is 0 Å². The molecule has 0 heterocycles. The van der Waals surface area contributed by atoms with E-state index < -0.39 is 0 Å². The summed E-state index contributed by atoms with van der Waals surface area (Å²) in [5.74, 6) is 0.754. The van der Waals surface area contributed by atoms with Crippen LogP contribution in [0.15, 0.2) is 0 Å². The summed E-state index contributed by atoms with van der Waals surface area (Å²) in [6.45, 7) is 5.27. The van der Waals surface area contributed by atoms with Crippen molar-refractivity contribution in [2.45, 2.75) is 38.3 Å². The van der Waals surface area contributed by atoms with Crippen LogP contribution in [0.3, 0.4) is 0 Å². The SMILES string of the molecule is CC([SiH3])COC(C)CCCCl. The summed E-state index contributed by atoms with van der Waals surface area (Å²) in [6.07, 6.45) is 2.56. The van der Waals surface area contributed by atoms with Gasteiger partial charge in [-0.3, -0.25) is 0 Å². The van der Waals surface area contributed by atoms with Crippen LogP contribution < -0.4 is 0 Å². The molecule has 0 saturated heterocycles. The van der Waals surface area contributed by atoms with Crippen LogP contribution in [0.4, 0.5) is 0 Å². The molecule has 0 amide bonds. The molecule has 0 fully saturated rings. The van der Waals surface area contributed by atoms with Crippen molar-refractivity contribution in [2.24, 2.45) is 0 Å². The molecule has 1 nitrogen and oxygen atoms in total. The average Bonchev–Trinajstić information content (AvgIpc) is 1.97. The minimum absolute atomic E-state index is 0.394. The maximum atomic E-state index is 5.58. The maximum absolute atomic E-state index is 5.58. The Morgan fingerprint density at radius 1 is 1.45 bits per heavy atom. The standard InChI is InChI=1S/C8H19ClOSi/c1-7(4-3-5-9)10-6-8(2)11/h7-8H,3-6H2,1-2,11H3. The Morgan fingerprint density at radius 2 is 2.09 bits per heavy atom. The Morgan fingerprint density at radius 3 is 2.55 bits per heavy atom. The highest BCUT2D eigenvalue weighted by Gasteiger charge is 2.02. The van der Waals surface area contributed by atoms with Crippen LogP contribution in [0.5, 0.6) is 0 Å². The fourth-order valence-electron chi connectivity index (χ4n) is 0.805. The van der Waals surface area contributed by atoms with Crippen LogP contribution in [-0.4, -0.2) is 28.8 Å². The quantitative estimate of drug-likeness (QED) is 0.461. The van der Waals surface area contributed by atoms with Crippen LogP contribution in [0.1, 0.15) is 26.7 Å². The molecule has 0 aliphatic carbocycles. The fraction of sp³-hybridized carbons (Fsp3) is 1.00. The van der Waals surface area contributed by atoms with Gasteiger partial charge >= 0.3 is 0 Å². The molecule has 0 radical (unpaired) electrons. The largest absolute Gasteiger partial charge is 0.379 e. The minimum atomic E-state index is 0.394. The van der Waals surface area contributed by atoms with E-state index in [1.165, 1.54) is 10.2 Å². The van der Waals surface area contributed by atoms with Gasteiger partial charge < -0.3 is 4.74 Å². The third-order valence-electron chi connectivity index (χ3n) is 1.46. The van der Waals surface area contributed by atoms with Gasteiger partial charge in [-0.2, -0.15) is 0 Å². The first kappa shape index (κ1) is 11.5. The predicted octanol–water partition coefficient (Wildman–Crippen LogP) is 1.58. The third-order valence-corrected chi connectivity index (χ3v) is 2.06. The van der Waals surface area contributed by atoms with E-state index >= 15 is 0 Å². The number of hydrogen-bond acceptors (Lipinski definition) is 1. The summed E-state index contributed by atoms with van der Waals surface area (Å²) < 4.78 is 5.58. The van der Waals surface area contributed by atoms with E-state index in [2.05, 4.69) is 13.8 Å². The zero-order valence-corrected chi connectivity index (χ0v) is 10.5. The minimum Gasteiger partial charge on any atom is -0.379 e. The lowest BCUT2D eigenvalue weighted by Gasteiger charge is -2.13. The second-order valence-electron chi connectivity index (χ2n) is 3.37. The summed E-state index contributed by atoms with van der Waals surface area (Å²) in [6, 6.07) is 0. The summed E-state index contributed by atoms with van der Waals surface area (Å²) >= 11 is 5.56. The Labute approximate surface area is 77.9 Å². The van der Waals surface area contributed by atoms with E-state index in [0.29, 0.717) is 6.10 Å². The molecule has 0 bridgehead atoms. The molecular formula is C8H19ClOSi. The average molecular weight is 195 g/mol. The molecule has 11 heavy (non-hydrogen) atoms. The van der Waals surface area contributed by atoms with Crippen molar-refractivity contribution in [2.75, 3.05) is 12.5 Å². The van der Waals surface area contributed by atoms with Gasteiger partial charge in [0, 0.05) is 22.7 Å². The van der Waals surface area contributed by atoms with E-state index in [1.807, 2.05) is 0 Å². The normalized spacial score (nSPS) is 16.6. The first-order valence-corrected chi connectivity index (χ1v) is 6.03. The van der Waals surface area contributed by atoms with Crippen molar-refractivity contribution in [1.29, 1.82) is 0 Å². The molecule has 0 saturated carbocycles. The van der Waals surface area contributed by atoms with Crippen LogP contribution in [-0.2, 0) is 4.74 Å². The molecule has 68 valence electrons. The monoisotopic (exact) mass is 194 g/mol. The molecule has 0 aromatic rings. The van der Waals surface area contributed by atoms with Gasteiger partial charge in [0.15, 0.2) is 0 Å². The predicted molar refractivity (Wildman–Crippen MR) is 54.7 cm³/mol. The van der Waals surface area contributed by atoms with Crippen LogP contribution >= 0.6 is 11.6 Å². The maximum Gasteiger partial charge on any atom is 0.0547 e. The van der Waals surface area contributed by atoms with Crippen LogP contribution in [0.2, 0.25) is 5.54 Å². The zero-order chi connectivity index (χ0) is 8.69. The highest BCUT2D eigenvalue weighted by Crippen LogP contribution is 2.05. The second kappa shape index (κ2) is 7.13. The van der Waals surface area contributed by atoms with E-state index in [0.717, 1.165) is 30.9 Å². The van der Waals surface area contributed by atoms with Gasteiger partial charge in [0.05, 0.1) is 6.10 Å². The Balaban J connectivity index is 3.15. The van der Waals surface area contributed by atoms with Gasteiger partial charge in [0.1, 0.15) is 0 Å².